The zero-order chi connectivity index (χ0) is 16.7. The van der Waals surface area contributed by atoms with Crippen LogP contribution in [0.4, 0.5) is 0 Å². The highest BCUT2D eigenvalue weighted by Gasteiger charge is 2.27. The molecule has 23 heavy (non-hydrogen) atoms. The van der Waals surface area contributed by atoms with Gasteiger partial charge in [-0.15, -0.1) is 11.3 Å². The quantitative estimate of drug-likeness (QED) is 0.731. The van der Waals surface area contributed by atoms with Crippen molar-refractivity contribution < 1.29 is 13.2 Å². The standard InChI is InChI=1S/C15H25N3O3S2/c1-16-9-8-14(19)17-10-7-13-5-6-15(22-13)23(20,21)18-11-3-2-4-12-18/h5-6,16H,2-4,7-12H2,1H3,(H,17,19). The molecule has 0 spiro atoms. The van der Waals surface area contributed by atoms with E-state index in [4.69, 9.17) is 0 Å². The number of hydrogen-bond donors (Lipinski definition) is 2. The summed E-state index contributed by atoms with van der Waals surface area (Å²) in [6.45, 7) is 2.43. The van der Waals surface area contributed by atoms with E-state index in [0.29, 0.717) is 43.2 Å². The van der Waals surface area contributed by atoms with Gasteiger partial charge in [0.1, 0.15) is 4.21 Å². The number of thiophene rings is 1. The fraction of sp³-hybridized carbons (Fsp3) is 0.667. The second-order valence-corrected chi connectivity index (χ2v) is 8.97. The third kappa shape index (κ3) is 5.27. The van der Waals surface area contributed by atoms with Crippen molar-refractivity contribution in [3.63, 3.8) is 0 Å². The van der Waals surface area contributed by atoms with E-state index in [1.54, 1.807) is 10.4 Å². The maximum atomic E-state index is 12.6. The van der Waals surface area contributed by atoms with E-state index in [2.05, 4.69) is 10.6 Å². The molecule has 2 N–H and O–H groups in total. The summed E-state index contributed by atoms with van der Waals surface area (Å²) in [7, 11) is -1.53. The summed E-state index contributed by atoms with van der Waals surface area (Å²) in [5.74, 6) is 0.0112. The van der Waals surface area contributed by atoms with Crippen LogP contribution in [0.25, 0.3) is 0 Å². The van der Waals surface area contributed by atoms with Gasteiger partial charge in [0.15, 0.2) is 0 Å². The average molecular weight is 360 g/mol. The molecule has 0 unspecified atom stereocenters. The molecular weight excluding hydrogens is 334 g/mol. The first kappa shape index (κ1) is 18.4. The lowest BCUT2D eigenvalue weighted by atomic mass is 10.2. The van der Waals surface area contributed by atoms with Crippen molar-refractivity contribution >= 4 is 27.3 Å². The molecule has 1 fully saturated rings. The van der Waals surface area contributed by atoms with Crippen LogP contribution in [0.15, 0.2) is 16.3 Å². The van der Waals surface area contributed by atoms with Crippen LogP contribution in [0.3, 0.4) is 0 Å². The molecule has 1 aliphatic heterocycles. The van der Waals surface area contributed by atoms with Crippen molar-refractivity contribution in [3.05, 3.63) is 17.0 Å². The molecule has 0 atom stereocenters. The van der Waals surface area contributed by atoms with Crippen LogP contribution < -0.4 is 10.6 Å². The van der Waals surface area contributed by atoms with Gasteiger partial charge >= 0.3 is 0 Å². The topological polar surface area (TPSA) is 78.5 Å². The Morgan fingerprint density at radius 2 is 1.96 bits per heavy atom. The summed E-state index contributed by atoms with van der Waals surface area (Å²) in [6, 6.07) is 3.54. The van der Waals surface area contributed by atoms with Crippen molar-refractivity contribution in [2.75, 3.05) is 33.2 Å². The van der Waals surface area contributed by atoms with Crippen molar-refractivity contribution in [2.24, 2.45) is 0 Å². The van der Waals surface area contributed by atoms with Crippen LogP contribution >= 0.6 is 11.3 Å². The first-order valence-electron chi connectivity index (χ1n) is 8.04. The SMILES string of the molecule is CNCCC(=O)NCCc1ccc(S(=O)(=O)N2CCCCC2)s1. The second kappa shape index (κ2) is 8.77. The van der Waals surface area contributed by atoms with E-state index >= 15 is 0 Å². The maximum absolute atomic E-state index is 12.6. The van der Waals surface area contributed by atoms with Gasteiger partial charge in [0, 0.05) is 37.5 Å². The first-order valence-corrected chi connectivity index (χ1v) is 10.3. The summed E-state index contributed by atoms with van der Waals surface area (Å²) in [6.07, 6.45) is 4.10. The summed E-state index contributed by atoms with van der Waals surface area (Å²) >= 11 is 1.31. The third-order valence-electron chi connectivity index (χ3n) is 3.84. The molecule has 0 aliphatic carbocycles. The highest BCUT2D eigenvalue weighted by Crippen LogP contribution is 2.27. The number of nitrogens with zero attached hydrogens (tertiary/aromatic N) is 1. The van der Waals surface area contributed by atoms with Crippen LogP contribution in [0, 0.1) is 0 Å². The maximum Gasteiger partial charge on any atom is 0.252 e. The number of nitrogens with one attached hydrogen (secondary N) is 2. The Labute approximate surface area is 142 Å². The summed E-state index contributed by atoms with van der Waals surface area (Å²) in [5.41, 5.74) is 0. The van der Waals surface area contributed by atoms with Gasteiger partial charge in [-0.2, -0.15) is 4.31 Å². The molecule has 0 saturated carbocycles. The number of amides is 1. The smallest absolute Gasteiger partial charge is 0.252 e. The van der Waals surface area contributed by atoms with Gasteiger partial charge in [-0.25, -0.2) is 8.42 Å². The van der Waals surface area contributed by atoms with Crippen LogP contribution in [-0.2, 0) is 21.2 Å². The number of rotatable bonds is 8. The molecule has 130 valence electrons. The van der Waals surface area contributed by atoms with E-state index < -0.39 is 10.0 Å². The Morgan fingerprint density at radius 1 is 1.22 bits per heavy atom. The Kier molecular flexibility index (Phi) is 7.01. The minimum Gasteiger partial charge on any atom is -0.356 e. The fourth-order valence-corrected chi connectivity index (χ4v) is 5.54. The van der Waals surface area contributed by atoms with Crippen molar-refractivity contribution in [1.29, 1.82) is 0 Å². The first-order chi connectivity index (χ1) is 11.0. The summed E-state index contributed by atoms with van der Waals surface area (Å²) < 4.78 is 27.1. The molecule has 1 aliphatic rings. The van der Waals surface area contributed by atoms with Crippen molar-refractivity contribution in [2.45, 2.75) is 36.3 Å². The van der Waals surface area contributed by atoms with E-state index in [9.17, 15) is 13.2 Å². The monoisotopic (exact) mass is 359 g/mol. The molecule has 2 heterocycles. The van der Waals surface area contributed by atoms with Gasteiger partial charge in [-0.3, -0.25) is 4.79 Å². The highest BCUT2D eigenvalue weighted by molar-refractivity contribution is 7.91. The van der Waals surface area contributed by atoms with Crippen LogP contribution in [0.5, 0.6) is 0 Å². The lowest BCUT2D eigenvalue weighted by Crippen LogP contribution is -2.35. The average Bonchev–Trinajstić information content (AvgIpc) is 3.03. The van der Waals surface area contributed by atoms with Gasteiger partial charge < -0.3 is 10.6 Å². The third-order valence-corrected chi connectivity index (χ3v) is 7.35. The molecule has 0 radical (unpaired) electrons. The van der Waals surface area contributed by atoms with E-state index in [1.165, 1.54) is 11.3 Å². The lowest BCUT2D eigenvalue weighted by molar-refractivity contribution is -0.120. The molecule has 1 amide bonds. The van der Waals surface area contributed by atoms with E-state index in [0.717, 1.165) is 24.1 Å². The predicted octanol–water partition coefficient (Wildman–Crippen LogP) is 1.19. The van der Waals surface area contributed by atoms with Gasteiger partial charge in [0.05, 0.1) is 0 Å². The Morgan fingerprint density at radius 3 is 2.65 bits per heavy atom. The van der Waals surface area contributed by atoms with Gasteiger partial charge in [0.2, 0.25) is 5.91 Å². The normalized spacial score (nSPS) is 16.4. The molecule has 8 heteroatoms. The Balaban J connectivity index is 1.86. The van der Waals surface area contributed by atoms with Gasteiger partial charge in [-0.05, 0) is 38.4 Å². The molecule has 6 nitrogen and oxygen atoms in total. The van der Waals surface area contributed by atoms with E-state index in [1.807, 2.05) is 13.1 Å². The summed E-state index contributed by atoms with van der Waals surface area (Å²) in [4.78, 5) is 12.5. The van der Waals surface area contributed by atoms with Crippen LogP contribution in [0.1, 0.15) is 30.6 Å². The molecule has 1 aromatic heterocycles. The summed E-state index contributed by atoms with van der Waals surface area (Å²) in [5, 5.41) is 5.77. The van der Waals surface area contributed by atoms with Gasteiger partial charge in [0.25, 0.3) is 10.0 Å². The molecule has 0 aromatic carbocycles. The molecule has 2 rings (SSSR count). The number of carbonyl (C=O) groups is 1. The fourth-order valence-electron chi connectivity index (χ4n) is 2.52. The van der Waals surface area contributed by atoms with Crippen LogP contribution in [-0.4, -0.2) is 51.9 Å². The highest BCUT2D eigenvalue weighted by atomic mass is 32.2. The Hall–Kier alpha value is -0.960. The lowest BCUT2D eigenvalue weighted by Gasteiger charge is -2.25. The minimum absolute atomic E-state index is 0.0112. The number of piperidine rings is 1. The molecular formula is C15H25N3O3S2. The predicted molar refractivity (Wildman–Crippen MR) is 92.2 cm³/mol. The largest absolute Gasteiger partial charge is 0.356 e. The molecule has 0 bridgehead atoms. The van der Waals surface area contributed by atoms with Crippen molar-refractivity contribution in [3.8, 4) is 0 Å². The second-order valence-electron chi connectivity index (χ2n) is 5.64. The Bertz CT molecular complexity index is 607. The molecule has 1 saturated heterocycles. The van der Waals surface area contributed by atoms with Crippen molar-refractivity contribution in [1.82, 2.24) is 14.9 Å². The number of carbonyl (C=O) groups excluding carboxylic acids is 1. The zero-order valence-electron chi connectivity index (χ0n) is 13.5. The number of hydrogen-bond acceptors (Lipinski definition) is 5. The zero-order valence-corrected chi connectivity index (χ0v) is 15.1. The van der Waals surface area contributed by atoms with Gasteiger partial charge in [-0.1, -0.05) is 6.42 Å². The number of sulfonamides is 1. The van der Waals surface area contributed by atoms with E-state index in [-0.39, 0.29) is 5.91 Å². The molecule has 1 aromatic rings. The van der Waals surface area contributed by atoms with Crippen LogP contribution in [0.2, 0.25) is 0 Å². The minimum atomic E-state index is -3.34.